The molecule has 2 rings (SSSR count). The lowest BCUT2D eigenvalue weighted by Crippen LogP contribution is -2.47. The first-order valence-corrected chi connectivity index (χ1v) is 8.74. The van der Waals surface area contributed by atoms with Gasteiger partial charge in [-0.25, -0.2) is 0 Å². The van der Waals surface area contributed by atoms with Crippen LogP contribution in [-0.2, 0) is 4.79 Å². The molecule has 1 N–H and O–H groups in total. The molecule has 21 heavy (non-hydrogen) atoms. The van der Waals surface area contributed by atoms with Gasteiger partial charge in [0.15, 0.2) is 0 Å². The van der Waals surface area contributed by atoms with Gasteiger partial charge in [0.1, 0.15) is 0 Å². The topological polar surface area (TPSA) is 35.6 Å². The van der Waals surface area contributed by atoms with E-state index in [0.717, 1.165) is 45.3 Å². The van der Waals surface area contributed by atoms with Gasteiger partial charge in [-0.2, -0.15) is 0 Å². The summed E-state index contributed by atoms with van der Waals surface area (Å²) in [5.74, 6) is 0.343. The zero-order valence-corrected chi connectivity index (χ0v) is 14.3. The number of rotatable bonds is 6. The fourth-order valence-corrected chi connectivity index (χ4v) is 3.67. The number of piperidine rings is 1. The number of nitrogens with zero attached hydrogens (tertiary/aromatic N) is 2. The van der Waals surface area contributed by atoms with Crippen LogP contribution in [0.2, 0.25) is 0 Å². The van der Waals surface area contributed by atoms with Gasteiger partial charge < -0.3 is 9.80 Å². The minimum absolute atomic E-state index is 0.0569. The predicted molar refractivity (Wildman–Crippen MR) is 87.1 cm³/mol. The molecule has 2 saturated heterocycles. The van der Waals surface area contributed by atoms with Crippen molar-refractivity contribution in [1.29, 1.82) is 0 Å². The van der Waals surface area contributed by atoms with Crippen molar-refractivity contribution in [2.24, 2.45) is 5.41 Å². The lowest BCUT2D eigenvalue weighted by molar-refractivity contribution is -0.132. The summed E-state index contributed by atoms with van der Waals surface area (Å²) in [6.07, 6.45) is 6.89. The monoisotopic (exact) mass is 295 g/mol. The fourth-order valence-electron chi connectivity index (χ4n) is 3.67. The molecule has 2 atom stereocenters. The SMILES string of the molecule is CCCC1NC(CCC)N(CC2(C)CCN(C)CC2)C1=O. The highest BCUT2D eigenvalue weighted by molar-refractivity contribution is 5.84. The van der Waals surface area contributed by atoms with Crippen LogP contribution in [0.15, 0.2) is 0 Å². The molecule has 0 aromatic carbocycles. The molecule has 2 aliphatic heterocycles. The molecular formula is C17H33N3O. The Labute approximate surface area is 130 Å². The van der Waals surface area contributed by atoms with E-state index in [0.29, 0.717) is 5.91 Å². The second-order valence-electron chi connectivity index (χ2n) is 7.39. The molecule has 0 saturated carbocycles. The summed E-state index contributed by atoms with van der Waals surface area (Å²) in [5.41, 5.74) is 0.289. The molecule has 2 unspecified atom stereocenters. The zero-order valence-electron chi connectivity index (χ0n) is 14.3. The van der Waals surface area contributed by atoms with Crippen molar-refractivity contribution >= 4 is 5.91 Å². The molecule has 4 nitrogen and oxygen atoms in total. The summed E-state index contributed by atoms with van der Waals surface area (Å²) in [6.45, 7) is 9.96. The van der Waals surface area contributed by atoms with Crippen LogP contribution < -0.4 is 5.32 Å². The highest BCUT2D eigenvalue weighted by atomic mass is 16.2. The number of nitrogens with one attached hydrogen (secondary N) is 1. The third kappa shape index (κ3) is 3.98. The van der Waals surface area contributed by atoms with E-state index >= 15 is 0 Å². The van der Waals surface area contributed by atoms with Crippen LogP contribution in [0.25, 0.3) is 0 Å². The number of carbonyl (C=O) groups is 1. The highest BCUT2D eigenvalue weighted by Crippen LogP contribution is 2.33. The molecule has 2 fully saturated rings. The lowest BCUT2D eigenvalue weighted by atomic mass is 9.80. The quantitative estimate of drug-likeness (QED) is 0.817. The molecule has 0 aromatic rings. The fraction of sp³-hybridized carbons (Fsp3) is 0.941. The molecule has 4 heteroatoms. The van der Waals surface area contributed by atoms with Crippen molar-refractivity contribution in [3.63, 3.8) is 0 Å². The van der Waals surface area contributed by atoms with Crippen LogP contribution in [0.3, 0.4) is 0 Å². The Morgan fingerprint density at radius 3 is 2.38 bits per heavy atom. The van der Waals surface area contributed by atoms with Gasteiger partial charge in [0, 0.05) is 6.54 Å². The third-order valence-corrected chi connectivity index (χ3v) is 5.24. The average molecular weight is 295 g/mol. The molecule has 0 bridgehead atoms. The van der Waals surface area contributed by atoms with Crippen molar-refractivity contribution < 1.29 is 4.79 Å². The first kappa shape index (κ1) is 16.8. The first-order valence-electron chi connectivity index (χ1n) is 8.74. The van der Waals surface area contributed by atoms with E-state index in [2.05, 4.69) is 42.9 Å². The Hall–Kier alpha value is -0.610. The van der Waals surface area contributed by atoms with E-state index in [1.54, 1.807) is 0 Å². The van der Waals surface area contributed by atoms with E-state index in [1.165, 1.54) is 12.8 Å². The van der Waals surface area contributed by atoms with Crippen LogP contribution in [0.5, 0.6) is 0 Å². The van der Waals surface area contributed by atoms with Crippen molar-refractivity contribution in [3.8, 4) is 0 Å². The maximum atomic E-state index is 12.7. The van der Waals surface area contributed by atoms with Crippen LogP contribution >= 0.6 is 0 Å². The Morgan fingerprint density at radius 2 is 1.81 bits per heavy atom. The first-order chi connectivity index (χ1) is 9.99. The number of carbonyl (C=O) groups excluding carboxylic acids is 1. The normalized spacial score (nSPS) is 30.1. The molecule has 0 spiro atoms. The minimum Gasteiger partial charge on any atom is -0.325 e. The van der Waals surface area contributed by atoms with Crippen molar-refractivity contribution in [2.75, 3.05) is 26.7 Å². The Kier molecular flexibility index (Phi) is 5.67. The van der Waals surface area contributed by atoms with Crippen molar-refractivity contribution in [3.05, 3.63) is 0 Å². The van der Waals surface area contributed by atoms with Gasteiger partial charge in [-0.05, 0) is 51.2 Å². The van der Waals surface area contributed by atoms with E-state index < -0.39 is 0 Å². The van der Waals surface area contributed by atoms with Gasteiger partial charge in [0.25, 0.3) is 0 Å². The second kappa shape index (κ2) is 7.10. The van der Waals surface area contributed by atoms with E-state index in [-0.39, 0.29) is 17.6 Å². The van der Waals surface area contributed by atoms with Crippen LogP contribution in [0, 0.1) is 5.41 Å². The van der Waals surface area contributed by atoms with Gasteiger partial charge in [-0.15, -0.1) is 0 Å². The van der Waals surface area contributed by atoms with Gasteiger partial charge in [-0.3, -0.25) is 10.1 Å². The smallest absolute Gasteiger partial charge is 0.241 e. The molecular weight excluding hydrogens is 262 g/mol. The maximum absolute atomic E-state index is 12.7. The number of hydrogen-bond donors (Lipinski definition) is 1. The standard InChI is InChI=1S/C17H33N3O/c1-5-7-14-16(21)20(15(18-14)8-6-2)13-17(3)9-11-19(4)12-10-17/h14-15,18H,5-13H2,1-4H3. The molecule has 0 aliphatic carbocycles. The predicted octanol–water partition coefficient (Wildman–Crippen LogP) is 2.45. The van der Waals surface area contributed by atoms with E-state index in [1.807, 2.05) is 0 Å². The third-order valence-electron chi connectivity index (χ3n) is 5.24. The molecule has 0 aromatic heterocycles. The summed E-state index contributed by atoms with van der Waals surface area (Å²) in [4.78, 5) is 17.3. The lowest BCUT2D eigenvalue weighted by Gasteiger charge is -2.41. The number of likely N-dealkylation sites (tertiary alicyclic amines) is 1. The highest BCUT2D eigenvalue weighted by Gasteiger charge is 2.41. The minimum atomic E-state index is 0.0569. The van der Waals surface area contributed by atoms with Crippen molar-refractivity contribution in [1.82, 2.24) is 15.1 Å². The Morgan fingerprint density at radius 1 is 1.19 bits per heavy atom. The van der Waals surface area contributed by atoms with Gasteiger partial charge in [0.2, 0.25) is 5.91 Å². The van der Waals surface area contributed by atoms with Gasteiger partial charge >= 0.3 is 0 Å². The largest absolute Gasteiger partial charge is 0.325 e. The summed E-state index contributed by atoms with van der Waals surface area (Å²) < 4.78 is 0. The molecule has 2 aliphatic rings. The van der Waals surface area contributed by atoms with Crippen LogP contribution in [0.1, 0.15) is 59.3 Å². The molecule has 2 heterocycles. The summed E-state index contributed by atoms with van der Waals surface area (Å²) in [7, 11) is 2.19. The number of amides is 1. The summed E-state index contributed by atoms with van der Waals surface area (Å²) in [5, 5.41) is 3.57. The summed E-state index contributed by atoms with van der Waals surface area (Å²) >= 11 is 0. The van der Waals surface area contributed by atoms with Crippen molar-refractivity contribution in [2.45, 2.75) is 71.5 Å². The number of hydrogen-bond acceptors (Lipinski definition) is 3. The van der Waals surface area contributed by atoms with Crippen LogP contribution in [0.4, 0.5) is 0 Å². The Balaban J connectivity index is 2.02. The molecule has 0 radical (unpaired) electrons. The molecule has 122 valence electrons. The maximum Gasteiger partial charge on any atom is 0.241 e. The average Bonchev–Trinajstić information content (AvgIpc) is 2.72. The second-order valence-corrected chi connectivity index (χ2v) is 7.39. The summed E-state index contributed by atoms with van der Waals surface area (Å²) in [6, 6.07) is 0.0569. The van der Waals surface area contributed by atoms with Gasteiger partial charge in [0.05, 0.1) is 12.2 Å². The van der Waals surface area contributed by atoms with E-state index in [4.69, 9.17) is 0 Å². The van der Waals surface area contributed by atoms with Gasteiger partial charge in [-0.1, -0.05) is 33.6 Å². The zero-order chi connectivity index (χ0) is 15.5. The Bertz CT molecular complexity index is 350. The van der Waals surface area contributed by atoms with Crippen LogP contribution in [-0.4, -0.2) is 54.6 Å². The van der Waals surface area contributed by atoms with E-state index in [9.17, 15) is 4.79 Å². The molecule has 1 amide bonds.